The van der Waals surface area contributed by atoms with E-state index in [2.05, 4.69) is 5.32 Å². The summed E-state index contributed by atoms with van der Waals surface area (Å²) in [5.41, 5.74) is 5.68. The highest BCUT2D eigenvalue weighted by molar-refractivity contribution is 6.20. The fraction of sp³-hybridized carbons (Fsp3) is 0.193. The van der Waals surface area contributed by atoms with Crippen LogP contribution < -0.4 is 24.3 Å². The highest BCUT2D eigenvalue weighted by Crippen LogP contribution is 2.47. The van der Waals surface area contributed by atoms with E-state index in [1.54, 1.807) is 24.3 Å². The molecule has 1 aliphatic rings. The standard InChI is InChI=1S/C57H51NO7/c59-54(47-27-16-17-29-49(47)62-37-41-20-8-2-9-21-41)52-50(63-38-42-22-10-3-11-23-42)34-35-51-53(52)56(64-39-43-24-12-4-13-25-43)55(65-51)46-26-14-5-15-28-48(46)58-57(60)44-30-32-45(33-31-44)61-36-40-18-6-1-7-19-40/h1-4,6-13,16-25,27,29-35,46,48H,5,14-15,26,28,36-39H2,(H,58,60). The van der Waals surface area contributed by atoms with Crippen molar-refractivity contribution < 1.29 is 33.0 Å². The van der Waals surface area contributed by atoms with Crippen LogP contribution in [0.3, 0.4) is 0 Å². The van der Waals surface area contributed by atoms with Gasteiger partial charge in [0.25, 0.3) is 5.91 Å². The van der Waals surface area contributed by atoms with Crippen LogP contribution >= 0.6 is 0 Å². The van der Waals surface area contributed by atoms with E-state index in [9.17, 15) is 4.79 Å². The van der Waals surface area contributed by atoms with E-state index in [0.717, 1.165) is 54.4 Å². The summed E-state index contributed by atoms with van der Waals surface area (Å²) in [6.07, 6.45) is 4.37. The maximum Gasteiger partial charge on any atom is 0.251 e. The van der Waals surface area contributed by atoms with E-state index in [1.165, 1.54) is 0 Å². The lowest BCUT2D eigenvalue weighted by atomic mass is 9.90. The van der Waals surface area contributed by atoms with Gasteiger partial charge in [-0.3, -0.25) is 9.59 Å². The van der Waals surface area contributed by atoms with Crippen LogP contribution in [0.25, 0.3) is 11.0 Å². The largest absolute Gasteiger partial charge is 0.489 e. The Hall–Kier alpha value is -7.58. The zero-order valence-electron chi connectivity index (χ0n) is 36.2. The van der Waals surface area contributed by atoms with Crippen molar-refractivity contribution in [2.75, 3.05) is 0 Å². The number of hydrogen-bond acceptors (Lipinski definition) is 7. The number of ketones is 1. The summed E-state index contributed by atoms with van der Waals surface area (Å²) in [4.78, 5) is 29.5. The first-order valence-corrected chi connectivity index (χ1v) is 22.4. The Morgan fingerprint density at radius 3 is 1.65 bits per heavy atom. The van der Waals surface area contributed by atoms with Gasteiger partial charge in [-0.25, -0.2) is 0 Å². The van der Waals surface area contributed by atoms with Gasteiger partial charge in [-0.15, -0.1) is 0 Å². The molecule has 8 nitrogen and oxygen atoms in total. The lowest BCUT2D eigenvalue weighted by Gasteiger charge is -2.26. The van der Waals surface area contributed by atoms with Gasteiger partial charge >= 0.3 is 0 Å². The van der Waals surface area contributed by atoms with Crippen molar-refractivity contribution in [3.8, 4) is 23.0 Å². The molecule has 8 aromatic rings. The predicted octanol–water partition coefficient (Wildman–Crippen LogP) is 12.8. The smallest absolute Gasteiger partial charge is 0.251 e. The normalized spacial score (nSPS) is 14.8. The van der Waals surface area contributed by atoms with Crippen molar-refractivity contribution in [3.63, 3.8) is 0 Å². The summed E-state index contributed by atoms with van der Waals surface area (Å²) in [6, 6.07) is 57.6. The zero-order chi connectivity index (χ0) is 44.2. The molecule has 7 aromatic carbocycles. The first kappa shape index (κ1) is 42.7. The molecular weight excluding hydrogens is 811 g/mol. The summed E-state index contributed by atoms with van der Waals surface area (Å²) in [6.45, 7) is 1.19. The minimum absolute atomic E-state index is 0.182. The van der Waals surface area contributed by atoms with E-state index in [0.29, 0.717) is 63.0 Å². The van der Waals surface area contributed by atoms with E-state index in [-0.39, 0.29) is 43.5 Å². The number of carbonyl (C=O) groups excluding carboxylic acids is 2. The number of fused-ring (bicyclic) bond motifs is 1. The van der Waals surface area contributed by atoms with Crippen LogP contribution in [-0.4, -0.2) is 17.7 Å². The molecule has 0 spiro atoms. The van der Waals surface area contributed by atoms with E-state index < -0.39 is 0 Å². The molecule has 0 saturated heterocycles. The molecule has 1 amide bonds. The second-order valence-corrected chi connectivity index (χ2v) is 16.4. The molecule has 0 radical (unpaired) electrons. The number of furan rings is 1. The van der Waals surface area contributed by atoms with Crippen LogP contribution in [0.2, 0.25) is 0 Å². The van der Waals surface area contributed by atoms with Gasteiger partial charge in [-0.2, -0.15) is 0 Å². The van der Waals surface area contributed by atoms with Crippen molar-refractivity contribution in [1.82, 2.24) is 5.32 Å². The van der Waals surface area contributed by atoms with Crippen molar-refractivity contribution in [3.05, 3.63) is 227 Å². The molecule has 1 aromatic heterocycles. The maximum atomic E-state index is 15.4. The molecule has 1 saturated carbocycles. The Labute approximate surface area is 379 Å². The molecule has 2 unspecified atom stereocenters. The van der Waals surface area contributed by atoms with Crippen LogP contribution in [0.15, 0.2) is 186 Å². The third-order valence-corrected chi connectivity index (χ3v) is 11.9. The summed E-state index contributed by atoms with van der Waals surface area (Å²) in [5, 5.41) is 3.91. The van der Waals surface area contributed by atoms with Crippen LogP contribution in [0.1, 0.15) is 92.3 Å². The number of benzene rings is 7. The van der Waals surface area contributed by atoms with Gasteiger partial charge in [0.1, 0.15) is 49.3 Å². The number of para-hydroxylation sites is 1. The van der Waals surface area contributed by atoms with Gasteiger partial charge in [-0.1, -0.05) is 153 Å². The molecule has 1 heterocycles. The Kier molecular flexibility index (Phi) is 13.6. The maximum absolute atomic E-state index is 15.4. The van der Waals surface area contributed by atoms with Crippen LogP contribution in [0.4, 0.5) is 0 Å². The minimum atomic E-state index is -0.291. The molecule has 2 atom stereocenters. The van der Waals surface area contributed by atoms with Gasteiger partial charge in [0, 0.05) is 17.5 Å². The quantitative estimate of drug-likeness (QED) is 0.0719. The lowest BCUT2D eigenvalue weighted by molar-refractivity contribution is 0.0925. The topological polar surface area (TPSA) is 96.2 Å². The van der Waals surface area contributed by atoms with Gasteiger partial charge in [-0.05, 0) is 83.6 Å². The van der Waals surface area contributed by atoms with E-state index in [1.807, 2.05) is 158 Å². The minimum Gasteiger partial charge on any atom is -0.489 e. The number of rotatable bonds is 17. The Bertz CT molecular complexity index is 2810. The van der Waals surface area contributed by atoms with Crippen molar-refractivity contribution in [2.24, 2.45) is 0 Å². The Balaban J connectivity index is 1.10. The molecule has 0 bridgehead atoms. The Morgan fingerprint density at radius 2 is 1.03 bits per heavy atom. The second-order valence-electron chi connectivity index (χ2n) is 16.4. The van der Waals surface area contributed by atoms with Gasteiger partial charge < -0.3 is 28.7 Å². The summed E-state index contributed by atoms with van der Waals surface area (Å²) in [5.74, 6) is 1.85. The molecule has 0 aliphatic heterocycles. The zero-order valence-corrected chi connectivity index (χ0v) is 36.2. The van der Waals surface area contributed by atoms with E-state index >= 15 is 4.79 Å². The molecule has 1 fully saturated rings. The van der Waals surface area contributed by atoms with E-state index in [4.69, 9.17) is 23.4 Å². The summed E-state index contributed by atoms with van der Waals surface area (Å²) >= 11 is 0. The predicted molar refractivity (Wildman–Crippen MR) is 253 cm³/mol. The molecular formula is C57H51NO7. The third-order valence-electron chi connectivity index (χ3n) is 11.9. The molecule has 8 heteroatoms. The SMILES string of the molecule is O=C(NC1CCCCCC1c1oc2ccc(OCc3ccccc3)c(C(=O)c3ccccc3OCc3ccccc3)c2c1OCc1ccccc1)c1ccc(OCc2ccccc2)cc1. The molecule has 65 heavy (non-hydrogen) atoms. The number of hydrogen-bond donors (Lipinski definition) is 1. The fourth-order valence-electron chi connectivity index (χ4n) is 8.50. The molecule has 1 N–H and O–H groups in total. The average molecular weight is 862 g/mol. The number of carbonyl (C=O) groups is 2. The highest BCUT2D eigenvalue weighted by atomic mass is 16.5. The first-order valence-electron chi connectivity index (χ1n) is 22.4. The summed E-state index contributed by atoms with van der Waals surface area (Å²) in [7, 11) is 0. The van der Waals surface area contributed by atoms with Crippen LogP contribution in [0, 0.1) is 0 Å². The summed E-state index contributed by atoms with van der Waals surface area (Å²) < 4.78 is 32.8. The average Bonchev–Trinajstić information content (AvgIpc) is 3.57. The Morgan fingerprint density at radius 1 is 0.508 bits per heavy atom. The lowest BCUT2D eigenvalue weighted by Crippen LogP contribution is -2.38. The van der Waals surface area contributed by atoms with Gasteiger partial charge in [0.2, 0.25) is 5.78 Å². The van der Waals surface area contributed by atoms with Crippen molar-refractivity contribution in [2.45, 2.75) is 70.5 Å². The van der Waals surface area contributed by atoms with Crippen molar-refractivity contribution in [1.29, 1.82) is 0 Å². The van der Waals surface area contributed by atoms with Crippen molar-refractivity contribution >= 4 is 22.7 Å². The first-order chi connectivity index (χ1) is 32.1. The fourth-order valence-corrected chi connectivity index (χ4v) is 8.50. The van der Waals surface area contributed by atoms with Crippen LogP contribution in [-0.2, 0) is 26.4 Å². The van der Waals surface area contributed by atoms with Gasteiger partial charge in [0.15, 0.2) is 11.5 Å². The van der Waals surface area contributed by atoms with Gasteiger partial charge in [0.05, 0.1) is 16.5 Å². The third kappa shape index (κ3) is 10.5. The van der Waals surface area contributed by atoms with Crippen LogP contribution in [0.5, 0.6) is 23.0 Å². The number of ether oxygens (including phenoxy) is 4. The second kappa shape index (κ2) is 20.7. The molecule has 1 aliphatic carbocycles. The monoisotopic (exact) mass is 861 g/mol. The highest BCUT2D eigenvalue weighted by Gasteiger charge is 2.36. The number of amides is 1. The molecule has 326 valence electrons. The number of nitrogens with one attached hydrogen (secondary N) is 1. The molecule has 9 rings (SSSR count).